The molecule has 2 amide bonds. The number of amides is 2. The highest BCUT2D eigenvalue weighted by atomic mass is 35.5. The van der Waals surface area contributed by atoms with Crippen molar-refractivity contribution in [2.75, 3.05) is 11.1 Å². The van der Waals surface area contributed by atoms with Crippen molar-refractivity contribution in [2.24, 2.45) is 0 Å². The van der Waals surface area contributed by atoms with Crippen LogP contribution in [0.3, 0.4) is 0 Å². The maximum atomic E-state index is 12.2. The zero-order chi connectivity index (χ0) is 19.4. The maximum Gasteiger partial charge on any atom is 0.251 e. The van der Waals surface area contributed by atoms with Crippen LogP contribution < -0.4 is 10.6 Å². The number of hydrogen-bond donors (Lipinski definition) is 2. The van der Waals surface area contributed by atoms with Gasteiger partial charge in [0.05, 0.1) is 10.6 Å². The van der Waals surface area contributed by atoms with Gasteiger partial charge in [0.2, 0.25) is 5.91 Å². The van der Waals surface area contributed by atoms with Crippen LogP contribution in [0.5, 0.6) is 0 Å². The summed E-state index contributed by atoms with van der Waals surface area (Å²) in [6, 6.07) is 12.6. The molecular formula is C19H19ClN2O4S. The number of carbonyl (C=O) groups is 2. The van der Waals surface area contributed by atoms with Crippen LogP contribution in [0.4, 0.5) is 5.69 Å². The van der Waals surface area contributed by atoms with Crippen molar-refractivity contribution in [1.82, 2.24) is 5.32 Å². The molecule has 1 aliphatic rings. The number of benzene rings is 2. The van der Waals surface area contributed by atoms with Crippen LogP contribution in [0.25, 0.3) is 0 Å². The summed E-state index contributed by atoms with van der Waals surface area (Å²) in [6.45, 7) is 0. The highest BCUT2D eigenvalue weighted by Crippen LogP contribution is 2.20. The third-order valence-electron chi connectivity index (χ3n) is 4.11. The number of anilines is 1. The smallest absolute Gasteiger partial charge is 0.251 e. The Morgan fingerprint density at radius 3 is 2.22 bits per heavy atom. The van der Waals surface area contributed by atoms with Crippen LogP contribution in [-0.4, -0.2) is 32.0 Å². The molecule has 0 aliphatic heterocycles. The first kappa shape index (κ1) is 19.4. The Labute approximate surface area is 162 Å². The molecule has 142 valence electrons. The van der Waals surface area contributed by atoms with Crippen molar-refractivity contribution in [2.45, 2.75) is 30.2 Å². The molecular weight excluding hydrogens is 388 g/mol. The van der Waals surface area contributed by atoms with Gasteiger partial charge in [-0.1, -0.05) is 11.6 Å². The summed E-state index contributed by atoms with van der Waals surface area (Å²) < 4.78 is 24.5. The van der Waals surface area contributed by atoms with Crippen molar-refractivity contribution in [3.63, 3.8) is 0 Å². The van der Waals surface area contributed by atoms with Gasteiger partial charge in [-0.05, 0) is 61.4 Å². The van der Waals surface area contributed by atoms with Crippen LogP contribution in [0, 0.1) is 0 Å². The summed E-state index contributed by atoms with van der Waals surface area (Å²) in [4.78, 5) is 24.1. The molecule has 3 rings (SSSR count). The number of halogens is 1. The molecule has 1 saturated carbocycles. The van der Waals surface area contributed by atoms with Gasteiger partial charge in [-0.2, -0.15) is 0 Å². The normalized spacial score (nSPS) is 13.8. The lowest BCUT2D eigenvalue weighted by molar-refractivity contribution is -0.115. The molecule has 2 aromatic rings. The summed E-state index contributed by atoms with van der Waals surface area (Å²) >= 11 is 5.75. The Morgan fingerprint density at radius 1 is 1.00 bits per heavy atom. The maximum absolute atomic E-state index is 12.2. The van der Waals surface area contributed by atoms with Gasteiger partial charge in [0, 0.05) is 28.7 Å². The van der Waals surface area contributed by atoms with E-state index in [0.29, 0.717) is 16.3 Å². The average molecular weight is 407 g/mol. The highest BCUT2D eigenvalue weighted by Gasteiger charge is 2.23. The second kappa shape index (κ2) is 8.10. The van der Waals surface area contributed by atoms with E-state index in [1.807, 2.05) is 0 Å². The Balaban J connectivity index is 1.52. The molecule has 1 fully saturated rings. The minimum absolute atomic E-state index is 0.130. The van der Waals surface area contributed by atoms with Gasteiger partial charge in [-0.3, -0.25) is 9.59 Å². The number of sulfone groups is 1. The minimum atomic E-state index is -3.56. The van der Waals surface area contributed by atoms with E-state index in [-0.39, 0.29) is 29.0 Å². The predicted molar refractivity (Wildman–Crippen MR) is 104 cm³/mol. The monoisotopic (exact) mass is 406 g/mol. The first-order chi connectivity index (χ1) is 12.8. The van der Waals surface area contributed by atoms with Crippen molar-refractivity contribution in [3.8, 4) is 0 Å². The molecule has 0 radical (unpaired) electrons. The van der Waals surface area contributed by atoms with E-state index in [2.05, 4.69) is 10.6 Å². The molecule has 0 heterocycles. The van der Waals surface area contributed by atoms with Gasteiger partial charge in [0.1, 0.15) is 0 Å². The lowest BCUT2D eigenvalue weighted by Gasteiger charge is -2.08. The van der Waals surface area contributed by atoms with E-state index in [9.17, 15) is 18.0 Å². The molecule has 0 atom stereocenters. The van der Waals surface area contributed by atoms with E-state index < -0.39 is 15.7 Å². The quantitative estimate of drug-likeness (QED) is 0.739. The molecule has 0 unspecified atom stereocenters. The lowest BCUT2D eigenvalue weighted by atomic mass is 10.2. The summed E-state index contributed by atoms with van der Waals surface area (Å²) in [5.41, 5.74) is 1.03. The molecule has 8 heteroatoms. The second-order valence-corrected chi connectivity index (χ2v) is 8.94. The van der Waals surface area contributed by atoms with Crippen LogP contribution in [0.1, 0.15) is 29.6 Å². The zero-order valence-electron chi connectivity index (χ0n) is 14.4. The second-order valence-electron chi connectivity index (χ2n) is 6.40. The van der Waals surface area contributed by atoms with E-state index >= 15 is 0 Å². The molecule has 2 aromatic carbocycles. The first-order valence-corrected chi connectivity index (χ1v) is 10.6. The summed E-state index contributed by atoms with van der Waals surface area (Å²) in [5, 5.41) is 5.97. The topological polar surface area (TPSA) is 92.3 Å². The van der Waals surface area contributed by atoms with Crippen LogP contribution in [-0.2, 0) is 14.6 Å². The summed E-state index contributed by atoms with van der Waals surface area (Å²) in [7, 11) is -3.56. The van der Waals surface area contributed by atoms with Crippen LogP contribution in [0.2, 0.25) is 5.02 Å². The Kier molecular flexibility index (Phi) is 5.82. The van der Waals surface area contributed by atoms with E-state index in [4.69, 9.17) is 11.6 Å². The lowest BCUT2D eigenvalue weighted by Crippen LogP contribution is -2.25. The standard InChI is InChI=1S/C19H19ClN2O4S/c20-14-3-9-17(10-4-14)27(25,26)12-11-18(23)21-15-5-1-13(2-6-15)19(24)22-16-7-8-16/h1-6,9-10,16H,7-8,11-12H2,(H,21,23)(H,22,24). The Morgan fingerprint density at radius 2 is 1.63 bits per heavy atom. The van der Waals surface area contributed by atoms with Crippen LogP contribution >= 0.6 is 11.6 Å². The predicted octanol–water partition coefficient (Wildman–Crippen LogP) is 3.03. The van der Waals surface area contributed by atoms with Gasteiger partial charge in [-0.15, -0.1) is 0 Å². The largest absolute Gasteiger partial charge is 0.349 e. The van der Waals surface area contributed by atoms with Crippen molar-refractivity contribution < 1.29 is 18.0 Å². The fourth-order valence-corrected chi connectivity index (χ4v) is 3.78. The first-order valence-electron chi connectivity index (χ1n) is 8.52. The summed E-state index contributed by atoms with van der Waals surface area (Å²) in [5.74, 6) is -0.852. The van der Waals surface area contributed by atoms with E-state index in [1.165, 1.54) is 24.3 Å². The van der Waals surface area contributed by atoms with Gasteiger partial charge in [-0.25, -0.2) is 8.42 Å². The third kappa shape index (κ3) is 5.55. The minimum Gasteiger partial charge on any atom is -0.349 e. The molecule has 0 spiro atoms. The third-order valence-corrected chi connectivity index (χ3v) is 6.10. The van der Waals surface area contributed by atoms with E-state index in [1.54, 1.807) is 24.3 Å². The van der Waals surface area contributed by atoms with E-state index in [0.717, 1.165) is 12.8 Å². The van der Waals surface area contributed by atoms with Crippen LogP contribution in [0.15, 0.2) is 53.4 Å². The van der Waals surface area contributed by atoms with Gasteiger partial charge in [0.15, 0.2) is 9.84 Å². The molecule has 1 aliphatic carbocycles. The van der Waals surface area contributed by atoms with Gasteiger partial charge < -0.3 is 10.6 Å². The van der Waals surface area contributed by atoms with Crippen molar-refractivity contribution >= 4 is 38.9 Å². The Bertz CT molecular complexity index is 937. The average Bonchev–Trinajstić information content (AvgIpc) is 3.45. The van der Waals surface area contributed by atoms with Gasteiger partial charge in [0.25, 0.3) is 5.91 Å². The molecule has 0 saturated heterocycles. The number of rotatable bonds is 7. The van der Waals surface area contributed by atoms with Gasteiger partial charge >= 0.3 is 0 Å². The number of nitrogens with one attached hydrogen (secondary N) is 2. The molecule has 0 aromatic heterocycles. The Hall–Kier alpha value is -2.38. The molecule has 2 N–H and O–H groups in total. The molecule has 6 nitrogen and oxygen atoms in total. The zero-order valence-corrected chi connectivity index (χ0v) is 16.0. The van der Waals surface area contributed by atoms with Crippen molar-refractivity contribution in [1.29, 1.82) is 0 Å². The highest BCUT2D eigenvalue weighted by molar-refractivity contribution is 7.91. The molecule has 0 bridgehead atoms. The molecule has 27 heavy (non-hydrogen) atoms. The summed E-state index contributed by atoms with van der Waals surface area (Å²) in [6.07, 6.45) is 1.85. The number of hydrogen-bond acceptors (Lipinski definition) is 4. The fraction of sp³-hybridized carbons (Fsp3) is 0.263. The number of carbonyl (C=O) groups excluding carboxylic acids is 2. The van der Waals surface area contributed by atoms with Crippen molar-refractivity contribution in [3.05, 3.63) is 59.1 Å². The SMILES string of the molecule is O=C(CCS(=O)(=O)c1ccc(Cl)cc1)Nc1ccc(C(=O)NC2CC2)cc1. The fourth-order valence-electron chi connectivity index (χ4n) is 2.41.